The van der Waals surface area contributed by atoms with Crippen molar-refractivity contribution in [2.24, 2.45) is 0 Å². The van der Waals surface area contributed by atoms with Gasteiger partial charge in [0.2, 0.25) is 11.8 Å². The van der Waals surface area contributed by atoms with Gasteiger partial charge in [-0.1, -0.05) is 0 Å². The monoisotopic (exact) mass is 251 g/mol. The van der Waals surface area contributed by atoms with Crippen molar-refractivity contribution in [2.45, 2.75) is 4.90 Å². The highest BCUT2D eigenvalue weighted by Gasteiger charge is 2.15. The Morgan fingerprint density at radius 2 is 2.35 bits per heavy atom. The molecular weight excluding hydrogens is 238 g/mol. The molecule has 90 valence electrons. The molecule has 0 saturated carbocycles. The summed E-state index contributed by atoms with van der Waals surface area (Å²) in [6.07, 6.45) is 0. The lowest BCUT2D eigenvalue weighted by Gasteiger charge is -2.17. The number of hydrogen-bond donors (Lipinski definition) is 3. The fraction of sp³-hybridized carbons (Fsp3) is 0.273. The van der Waals surface area contributed by atoms with E-state index in [4.69, 9.17) is 0 Å². The molecule has 0 radical (unpaired) electrons. The number of benzene rings is 1. The van der Waals surface area contributed by atoms with Crippen LogP contribution >= 0.6 is 11.8 Å². The largest absolute Gasteiger partial charge is 0.325 e. The zero-order valence-corrected chi connectivity index (χ0v) is 10.2. The van der Waals surface area contributed by atoms with E-state index in [1.165, 1.54) is 11.8 Å². The maximum Gasteiger partial charge on any atom is 0.238 e. The lowest BCUT2D eigenvalue weighted by atomic mass is 10.2. The Morgan fingerprint density at radius 1 is 1.53 bits per heavy atom. The van der Waals surface area contributed by atoms with E-state index in [0.717, 1.165) is 10.6 Å². The number of carbonyl (C=O) groups excluding carboxylic acids is 2. The molecule has 2 rings (SSSR count). The van der Waals surface area contributed by atoms with Gasteiger partial charge in [0.15, 0.2) is 0 Å². The second-order valence-corrected chi connectivity index (χ2v) is 4.64. The molecule has 5 nitrogen and oxygen atoms in total. The molecule has 0 aromatic heterocycles. The molecule has 1 aromatic rings. The zero-order chi connectivity index (χ0) is 12.3. The molecular formula is C11H13N3O2S. The number of likely N-dealkylation sites (N-methyl/N-ethyl adjacent to an activating group) is 1. The van der Waals surface area contributed by atoms with Crippen LogP contribution in [0.1, 0.15) is 0 Å². The number of hydrogen-bond acceptors (Lipinski definition) is 4. The number of anilines is 2. The Bertz CT molecular complexity index is 462. The van der Waals surface area contributed by atoms with Crippen LogP contribution in [0.4, 0.5) is 11.4 Å². The summed E-state index contributed by atoms with van der Waals surface area (Å²) in [4.78, 5) is 23.6. The molecule has 0 unspecified atom stereocenters. The zero-order valence-electron chi connectivity index (χ0n) is 9.37. The number of carbonyl (C=O) groups is 2. The second-order valence-electron chi connectivity index (χ2n) is 3.63. The SMILES string of the molecule is CNCC(=O)Nc1ccc2c(c1)NC(=O)CS2. The van der Waals surface area contributed by atoms with Gasteiger partial charge in [-0.2, -0.15) is 0 Å². The number of thioether (sulfide) groups is 1. The van der Waals surface area contributed by atoms with Gasteiger partial charge in [-0.3, -0.25) is 9.59 Å². The molecule has 17 heavy (non-hydrogen) atoms. The van der Waals surface area contributed by atoms with E-state index in [-0.39, 0.29) is 18.4 Å². The number of rotatable bonds is 3. The van der Waals surface area contributed by atoms with Gasteiger partial charge >= 0.3 is 0 Å². The van der Waals surface area contributed by atoms with Gasteiger partial charge in [-0.05, 0) is 25.2 Å². The predicted octanol–water partition coefficient (Wildman–Crippen LogP) is 0.889. The summed E-state index contributed by atoms with van der Waals surface area (Å²) in [5.41, 5.74) is 1.44. The van der Waals surface area contributed by atoms with Crippen LogP contribution < -0.4 is 16.0 Å². The van der Waals surface area contributed by atoms with Crippen molar-refractivity contribution in [1.82, 2.24) is 5.32 Å². The summed E-state index contributed by atoms with van der Waals surface area (Å²) in [7, 11) is 1.71. The lowest BCUT2D eigenvalue weighted by Crippen LogP contribution is -2.25. The predicted molar refractivity (Wildman–Crippen MR) is 68.4 cm³/mol. The molecule has 1 heterocycles. The van der Waals surface area contributed by atoms with E-state index in [2.05, 4.69) is 16.0 Å². The molecule has 0 aliphatic carbocycles. The third-order valence-electron chi connectivity index (χ3n) is 2.23. The van der Waals surface area contributed by atoms with Gasteiger partial charge in [-0.15, -0.1) is 11.8 Å². The fourth-order valence-electron chi connectivity index (χ4n) is 1.53. The van der Waals surface area contributed by atoms with Crippen LogP contribution in [0.15, 0.2) is 23.1 Å². The molecule has 0 bridgehead atoms. The Hall–Kier alpha value is -1.53. The molecule has 3 N–H and O–H groups in total. The van der Waals surface area contributed by atoms with E-state index in [9.17, 15) is 9.59 Å². The summed E-state index contributed by atoms with van der Waals surface area (Å²) in [5, 5.41) is 8.30. The van der Waals surface area contributed by atoms with E-state index < -0.39 is 0 Å². The molecule has 0 saturated heterocycles. The van der Waals surface area contributed by atoms with E-state index in [1.807, 2.05) is 12.1 Å². The fourth-order valence-corrected chi connectivity index (χ4v) is 2.32. The standard InChI is InChI=1S/C11H13N3O2S/c1-12-5-10(15)13-7-2-3-9-8(4-7)14-11(16)6-17-9/h2-4,12H,5-6H2,1H3,(H,13,15)(H,14,16). The van der Waals surface area contributed by atoms with Crippen LogP contribution in [0.5, 0.6) is 0 Å². The molecule has 0 fully saturated rings. The quantitative estimate of drug-likeness (QED) is 0.746. The molecule has 6 heteroatoms. The highest BCUT2D eigenvalue weighted by molar-refractivity contribution is 8.00. The summed E-state index contributed by atoms with van der Waals surface area (Å²) in [5.74, 6) is 0.321. The number of amides is 2. The van der Waals surface area contributed by atoms with Crippen molar-refractivity contribution in [3.05, 3.63) is 18.2 Å². The first-order chi connectivity index (χ1) is 8.19. The van der Waals surface area contributed by atoms with Crippen LogP contribution in [-0.2, 0) is 9.59 Å². The van der Waals surface area contributed by atoms with Gasteiger partial charge in [0.05, 0.1) is 18.0 Å². The number of nitrogens with one attached hydrogen (secondary N) is 3. The molecule has 0 spiro atoms. The molecule has 2 amide bonds. The summed E-state index contributed by atoms with van der Waals surface area (Å²) in [6.45, 7) is 0.262. The van der Waals surface area contributed by atoms with E-state index >= 15 is 0 Å². The van der Waals surface area contributed by atoms with Crippen LogP contribution in [0, 0.1) is 0 Å². The van der Waals surface area contributed by atoms with Crippen molar-refractivity contribution < 1.29 is 9.59 Å². The van der Waals surface area contributed by atoms with Gasteiger partial charge in [-0.25, -0.2) is 0 Å². The first-order valence-electron chi connectivity index (χ1n) is 5.20. The molecule has 1 aliphatic heterocycles. The van der Waals surface area contributed by atoms with Crippen molar-refractivity contribution in [2.75, 3.05) is 30.0 Å². The Morgan fingerprint density at radius 3 is 3.12 bits per heavy atom. The average Bonchev–Trinajstić information content (AvgIpc) is 2.28. The van der Waals surface area contributed by atoms with Crippen molar-refractivity contribution in [1.29, 1.82) is 0 Å². The maximum absolute atomic E-state index is 11.4. The lowest BCUT2D eigenvalue weighted by molar-refractivity contribution is -0.115. The molecule has 1 aliphatic rings. The third kappa shape index (κ3) is 2.98. The molecule has 0 atom stereocenters. The van der Waals surface area contributed by atoms with Crippen LogP contribution in [0.3, 0.4) is 0 Å². The van der Waals surface area contributed by atoms with Crippen LogP contribution in [0.2, 0.25) is 0 Å². The van der Waals surface area contributed by atoms with Gasteiger partial charge in [0.25, 0.3) is 0 Å². The Balaban J connectivity index is 2.13. The average molecular weight is 251 g/mol. The van der Waals surface area contributed by atoms with Gasteiger partial charge in [0.1, 0.15) is 0 Å². The summed E-state index contributed by atoms with van der Waals surface area (Å²) < 4.78 is 0. The van der Waals surface area contributed by atoms with Crippen LogP contribution in [0.25, 0.3) is 0 Å². The van der Waals surface area contributed by atoms with Crippen molar-refractivity contribution in [3.8, 4) is 0 Å². The summed E-state index contributed by atoms with van der Waals surface area (Å²) in [6, 6.07) is 5.50. The minimum Gasteiger partial charge on any atom is -0.325 e. The van der Waals surface area contributed by atoms with Gasteiger partial charge < -0.3 is 16.0 Å². The van der Waals surface area contributed by atoms with Crippen molar-refractivity contribution >= 4 is 35.0 Å². The second kappa shape index (κ2) is 5.20. The van der Waals surface area contributed by atoms with Gasteiger partial charge in [0, 0.05) is 10.6 Å². The maximum atomic E-state index is 11.4. The summed E-state index contributed by atoms with van der Waals surface area (Å²) >= 11 is 1.50. The number of fused-ring (bicyclic) bond motifs is 1. The Labute approximate surface area is 103 Å². The molecule has 1 aromatic carbocycles. The normalized spacial score (nSPS) is 13.8. The smallest absolute Gasteiger partial charge is 0.238 e. The van der Waals surface area contributed by atoms with E-state index in [0.29, 0.717) is 11.4 Å². The Kier molecular flexibility index (Phi) is 3.65. The van der Waals surface area contributed by atoms with Crippen LogP contribution in [-0.4, -0.2) is 31.2 Å². The highest BCUT2D eigenvalue weighted by Crippen LogP contribution is 2.33. The topological polar surface area (TPSA) is 70.2 Å². The van der Waals surface area contributed by atoms with Crippen molar-refractivity contribution in [3.63, 3.8) is 0 Å². The minimum atomic E-state index is -0.109. The first kappa shape index (κ1) is 11.9. The first-order valence-corrected chi connectivity index (χ1v) is 6.19. The van der Waals surface area contributed by atoms with E-state index in [1.54, 1.807) is 13.1 Å². The third-order valence-corrected chi connectivity index (χ3v) is 3.31. The highest BCUT2D eigenvalue weighted by atomic mass is 32.2. The minimum absolute atomic E-state index is 0.0128.